The highest BCUT2D eigenvalue weighted by Gasteiger charge is 2.45. The molecule has 1 aliphatic carbocycles. The molecule has 0 aromatic rings. The maximum Gasteiger partial charge on any atom is 0.251 e. The fourth-order valence-electron chi connectivity index (χ4n) is 5.19. The normalized spacial score (nSPS) is 40.9. The van der Waals surface area contributed by atoms with E-state index in [1.165, 1.54) is 0 Å². The summed E-state index contributed by atoms with van der Waals surface area (Å²) in [5.41, 5.74) is 6.49. The zero-order chi connectivity index (χ0) is 19.7. The summed E-state index contributed by atoms with van der Waals surface area (Å²) < 4.78 is 16.8. The van der Waals surface area contributed by atoms with Crippen molar-refractivity contribution in [2.24, 2.45) is 11.7 Å². The lowest BCUT2D eigenvalue weighted by Crippen LogP contribution is -2.74. The molecule has 7 atom stereocenters. The van der Waals surface area contributed by atoms with Crippen molar-refractivity contribution in [3.63, 3.8) is 0 Å². The van der Waals surface area contributed by atoms with Crippen LogP contribution >= 0.6 is 12.4 Å². The van der Waals surface area contributed by atoms with Crippen LogP contribution < -0.4 is 16.4 Å². The van der Waals surface area contributed by atoms with Crippen LogP contribution in [-0.4, -0.2) is 99.5 Å². The summed E-state index contributed by atoms with van der Waals surface area (Å²) in [4.78, 5) is 16.9. The first-order valence-corrected chi connectivity index (χ1v) is 10.6. The van der Waals surface area contributed by atoms with E-state index in [2.05, 4.69) is 15.5 Å². The number of ether oxygens (including phenoxy) is 3. The highest BCUT2D eigenvalue weighted by atomic mass is 35.5. The summed E-state index contributed by atoms with van der Waals surface area (Å²) in [5.74, 6) is 0.467. The van der Waals surface area contributed by atoms with Gasteiger partial charge in [0.1, 0.15) is 12.4 Å². The van der Waals surface area contributed by atoms with Crippen molar-refractivity contribution in [2.75, 3.05) is 47.0 Å². The molecule has 4 aliphatic rings. The number of piperazine rings is 1. The fourth-order valence-corrected chi connectivity index (χ4v) is 5.19. The monoisotopic (exact) mass is 433 g/mol. The highest BCUT2D eigenvalue weighted by Crippen LogP contribution is 2.32. The van der Waals surface area contributed by atoms with Gasteiger partial charge in [-0.15, -0.1) is 12.4 Å². The van der Waals surface area contributed by atoms with Crippen LogP contribution in [0.1, 0.15) is 25.7 Å². The number of fused-ring (bicyclic) bond motifs is 1. The van der Waals surface area contributed by atoms with E-state index in [0.29, 0.717) is 18.6 Å². The zero-order valence-corrected chi connectivity index (χ0v) is 18.2. The number of carbonyl (C=O) groups is 1. The summed E-state index contributed by atoms with van der Waals surface area (Å²) in [6.07, 6.45) is 3.50. The Morgan fingerprint density at radius 1 is 1.07 bits per heavy atom. The SMILES string of the molecule is COC1CC2NC(N3CCN(C(=O)C4CCCO4)CC3)NC(N)C2CC1OC.Cl. The van der Waals surface area contributed by atoms with Gasteiger partial charge in [-0.1, -0.05) is 0 Å². The Morgan fingerprint density at radius 2 is 1.76 bits per heavy atom. The van der Waals surface area contributed by atoms with Crippen LogP contribution in [0.5, 0.6) is 0 Å². The maximum atomic E-state index is 12.6. The van der Waals surface area contributed by atoms with E-state index < -0.39 is 0 Å². The number of nitrogens with zero attached hydrogens (tertiary/aromatic N) is 2. The minimum atomic E-state index is -0.228. The van der Waals surface area contributed by atoms with Gasteiger partial charge in [-0.25, -0.2) is 0 Å². The first kappa shape index (κ1) is 23.1. The molecule has 1 saturated carbocycles. The van der Waals surface area contributed by atoms with Crippen molar-refractivity contribution in [2.45, 2.75) is 62.5 Å². The molecule has 3 aliphatic heterocycles. The standard InChI is InChI=1S/C19H35N5O4.ClH/c1-26-15-10-12-13(11-16(15)27-2)21-19(22-17(12)20)24-7-5-23(6-8-24)18(25)14-4-3-9-28-14;/h12-17,19,21-22H,3-11,20H2,1-2H3;1H. The lowest BCUT2D eigenvalue weighted by Gasteiger charge is -2.51. The van der Waals surface area contributed by atoms with Crippen LogP contribution in [0, 0.1) is 5.92 Å². The Labute approximate surface area is 179 Å². The number of nitrogens with one attached hydrogen (secondary N) is 2. The molecule has 10 heteroatoms. The molecular weight excluding hydrogens is 398 g/mol. The summed E-state index contributed by atoms with van der Waals surface area (Å²) in [6.45, 7) is 3.81. The molecule has 4 N–H and O–H groups in total. The average molecular weight is 434 g/mol. The average Bonchev–Trinajstić information content (AvgIpc) is 3.27. The van der Waals surface area contributed by atoms with E-state index in [1.807, 2.05) is 4.90 Å². The summed E-state index contributed by atoms with van der Waals surface area (Å²) in [6, 6.07) is 0.296. The predicted octanol–water partition coefficient (Wildman–Crippen LogP) is -0.699. The van der Waals surface area contributed by atoms with Crippen molar-refractivity contribution in [1.82, 2.24) is 20.4 Å². The van der Waals surface area contributed by atoms with Crippen molar-refractivity contribution < 1.29 is 19.0 Å². The molecule has 29 heavy (non-hydrogen) atoms. The Morgan fingerprint density at radius 3 is 2.38 bits per heavy atom. The van der Waals surface area contributed by atoms with Gasteiger partial charge in [0.2, 0.25) is 0 Å². The van der Waals surface area contributed by atoms with Gasteiger partial charge in [-0.2, -0.15) is 0 Å². The van der Waals surface area contributed by atoms with Crippen LogP contribution in [-0.2, 0) is 19.0 Å². The van der Waals surface area contributed by atoms with Crippen LogP contribution in [0.3, 0.4) is 0 Å². The van der Waals surface area contributed by atoms with Gasteiger partial charge in [-0.05, 0) is 25.7 Å². The van der Waals surface area contributed by atoms with Gasteiger partial charge in [-0.3, -0.25) is 20.3 Å². The molecule has 4 rings (SSSR count). The molecule has 0 spiro atoms. The van der Waals surface area contributed by atoms with Gasteiger partial charge < -0.3 is 24.8 Å². The number of amides is 1. The number of rotatable bonds is 4. The Kier molecular flexibility index (Phi) is 8.14. The van der Waals surface area contributed by atoms with Crippen LogP contribution in [0.15, 0.2) is 0 Å². The van der Waals surface area contributed by atoms with E-state index in [4.69, 9.17) is 19.9 Å². The molecule has 3 heterocycles. The van der Waals surface area contributed by atoms with Crippen LogP contribution in [0.2, 0.25) is 0 Å². The zero-order valence-electron chi connectivity index (χ0n) is 17.4. The Hall–Kier alpha value is -0.520. The smallest absolute Gasteiger partial charge is 0.251 e. The largest absolute Gasteiger partial charge is 0.379 e. The third kappa shape index (κ3) is 4.88. The number of nitrogens with two attached hydrogens (primary N) is 1. The van der Waals surface area contributed by atoms with E-state index in [0.717, 1.165) is 51.9 Å². The molecule has 4 fully saturated rings. The second kappa shape index (κ2) is 10.2. The third-order valence-corrected chi connectivity index (χ3v) is 6.91. The van der Waals surface area contributed by atoms with Gasteiger partial charge in [0.05, 0.1) is 18.4 Å². The number of carbonyl (C=O) groups excluding carboxylic acids is 1. The van der Waals surface area contributed by atoms with Gasteiger partial charge in [0.25, 0.3) is 5.91 Å². The molecule has 9 nitrogen and oxygen atoms in total. The summed E-state index contributed by atoms with van der Waals surface area (Å²) in [7, 11) is 3.49. The van der Waals surface area contributed by atoms with Crippen molar-refractivity contribution in [3.8, 4) is 0 Å². The molecule has 1 amide bonds. The summed E-state index contributed by atoms with van der Waals surface area (Å²) >= 11 is 0. The minimum Gasteiger partial charge on any atom is -0.379 e. The second-order valence-electron chi connectivity index (χ2n) is 8.41. The Bertz CT molecular complexity index is 545. The van der Waals surface area contributed by atoms with E-state index >= 15 is 0 Å². The molecule has 0 aromatic carbocycles. The van der Waals surface area contributed by atoms with E-state index in [-0.39, 0.29) is 49.1 Å². The molecule has 168 valence electrons. The third-order valence-electron chi connectivity index (χ3n) is 6.91. The highest BCUT2D eigenvalue weighted by molar-refractivity contribution is 5.85. The maximum absolute atomic E-state index is 12.6. The van der Waals surface area contributed by atoms with E-state index in [9.17, 15) is 4.79 Å². The van der Waals surface area contributed by atoms with Gasteiger partial charge in [0, 0.05) is 59.0 Å². The minimum absolute atomic E-state index is 0. The number of hydrogen-bond acceptors (Lipinski definition) is 8. The Balaban J connectivity index is 0.00000240. The molecule has 7 unspecified atom stereocenters. The van der Waals surface area contributed by atoms with Crippen LogP contribution in [0.4, 0.5) is 0 Å². The topological polar surface area (TPSA) is 101 Å². The number of halogens is 1. The van der Waals surface area contributed by atoms with Gasteiger partial charge in [0.15, 0.2) is 0 Å². The lowest BCUT2D eigenvalue weighted by molar-refractivity contribution is -0.144. The van der Waals surface area contributed by atoms with Gasteiger partial charge >= 0.3 is 0 Å². The lowest BCUT2D eigenvalue weighted by atomic mass is 9.78. The number of methoxy groups -OCH3 is 2. The quantitative estimate of drug-likeness (QED) is 0.535. The fraction of sp³-hybridized carbons (Fsp3) is 0.947. The van der Waals surface area contributed by atoms with E-state index in [1.54, 1.807) is 14.2 Å². The molecule has 0 aromatic heterocycles. The second-order valence-corrected chi connectivity index (χ2v) is 8.41. The number of hydrogen-bond donors (Lipinski definition) is 3. The molecule has 0 radical (unpaired) electrons. The first-order valence-electron chi connectivity index (χ1n) is 10.6. The van der Waals surface area contributed by atoms with Crippen molar-refractivity contribution in [1.29, 1.82) is 0 Å². The first-order chi connectivity index (χ1) is 13.6. The van der Waals surface area contributed by atoms with Crippen molar-refractivity contribution >= 4 is 18.3 Å². The van der Waals surface area contributed by atoms with Crippen LogP contribution in [0.25, 0.3) is 0 Å². The molecule has 3 saturated heterocycles. The molecular formula is C19H36ClN5O4. The molecule has 0 bridgehead atoms. The summed E-state index contributed by atoms with van der Waals surface area (Å²) in [5, 5.41) is 7.26. The van der Waals surface area contributed by atoms with Crippen molar-refractivity contribution in [3.05, 3.63) is 0 Å². The predicted molar refractivity (Wildman–Crippen MR) is 111 cm³/mol.